The zero-order valence-corrected chi connectivity index (χ0v) is 16.7. The number of nitrogens with zero attached hydrogens (tertiary/aromatic N) is 3. The summed E-state index contributed by atoms with van der Waals surface area (Å²) in [4.78, 5) is 21.7. The standard InChI is InChI=1S/C17H22N4O3S2/c1-4-7-26(23,24)21-6-5-15-13(10-21)8-14(9-18-15)20-17(22)16-11(2)19-12(3)25-16/h8-9H,4-7,10H2,1-3H3,(H,20,22). The number of carbonyl (C=O) groups is 1. The number of thiazole rings is 1. The lowest BCUT2D eigenvalue weighted by Crippen LogP contribution is -2.37. The first-order chi connectivity index (χ1) is 12.3. The van der Waals surface area contributed by atoms with Gasteiger partial charge >= 0.3 is 0 Å². The first-order valence-corrected chi connectivity index (χ1v) is 10.9. The molecule has 0 fully saturated rings. The Morgan fingerprint density at radius 1 is 1.38 bits per heavy atom. The molecule has 2 aromatic rings. The number of fused-ring (bicyclic) bond motifs is 1. The molecule has 0 bridgehead atoms. The van der Waals surface area contributed by atoms with E-state index in [1.54, 1.807) is 13.1 Å². The van der Waals surface area contributed by atoms with E-state index in [0.29, 0.717) is 42.2 Å². The molecule has 1 N–H and O–H groups in total. The van der Waals surface area contributed by atoms with Crippen molar-refractivity contribution in [1.29, 1.82) is 0 Å². The number of nitrogens with one attached hydrogen (secondary N) is 1. The average molecular weight is 395 g/mol. The fourth-order valence-electron chi connectivity index (χ4n) is 3.02. The third kappa shape index (κ3) is 3.94. The van der Waals surface area contributed by atoms with Gasteiger partial charge in [0.2, 0.25) is 10.0 Å². The molecule has 7 nitrogen and oxygen atoms in total. The van der Waals surface area contributed by atoms with Crippen LogP contribution in [-0.2, 0) is 23.0 Å². The Balaban J connectivity index is 1.79. The Hall–Kier alpha value is -1.84. The van der Waals surface area contributed by atoms with Crippen LogP contribution in [0, 0.1) is 13.8 Å². The molecule has 0 aliphatic carbocycles. The van der Waals surface area contributed by atoms with Crippen LogP contribution in [0.25, 0.3) is 0 Å². The number of hydrogen-bond donors (Lipinski definition) is 1. The molecular weight excluding hydrogens is 372 g/mol. The molecule has 1 aliphatic rings. The van der Waals surface area contributed by atoms with E-state index in [-0.39, 0.29) is 11.7 Å². The molecule has 3 rings (SSSR count). The molecule has 3 heterocycles. The van der Waals surface area contributed by atoms with Crippen molar-refractivity contribution in [3.05, 3.63) is 39.1 Å². The van der Waals surface area contributed by atoms with Gasteiger partial charge in [-0.15, -0.1) is 11.3 Å². The highest BCUT2D eigenvalue weighted by Gasteiger charge is 2.27. The molecule has 2 aromatic heterocycles. The molecule has 0 saturated heterocycles. The average Bonchev–Trinajstić information content (AvgIpc) is 2.92. The van der Waals surface area contributed by atoms with Crippen LogP contribution in [0.1, 0.15) is 45.0 Å². The summed E-state index contributed by atoms with van der Waals surface area (Å²) in [6.07, 6.45) is 2.80. The summed E-state index contributed by atoms with van der Waals surface area (Å²) >= 11 is 1.35. The molecule has 0 aromatic carbocycles. The van der Waals surface area contributed by atoms with E-state index < -0.39 is 10.0 Å². The van der Waals surface area contributed by atoms with Crippen LogP contribution in [0.5, 0.6) is 0 Å². The Morgan fingerprint density at radius 3 is 2.81 bits per heavy atom. The molecule has 9 heteroatoms. The monoisotopic (exact) mass is 394 g/mol. The zero-order chi connectivity index (χ0) is 18.9. The number of rotatable bonds is 5. The molecule has 26 heavy (non-hydrogen) atoms. The van der Waals surface area contributed by atoms with Gasteiger partial charge in [0.15, 0.2) is 0 Å². The van der Waals surface area contributed by atoms with E-state index in [0.717, 1.165) is 16.3 Å². The maximum Gasteiger partial charge on any atom is 0.267 e. The third-order valence-electron chi connectivity index (χ3n) is 4.23. The van der Waals surface area contributed by atoms with Gasteiger partial charge in [-0.3, -0.25) is 9.78 Å². The third-order valence-corrected chi connectivity index (χ3v) is 7.32. The summed E-state index contributed by atoms with van der Waals surface area (Å²) in [6, 6.07) is 1.82. The smallest absolute Gasteiger partial charge is 0.267 e. The number of amides is 1. The molecule has 0 radical (unpaired) electrons. The van der Waals surface area contributed by atoms with Gasteiger partial charge in [0.05, 0.1) is 28.3 Å². The zero-order valence-electron chi connectivity index (χ0n) is 15.1. The fraction of sp³-hybridized carbons (Fsp3) is 0.471. The van der Waals surface area contributed by atoms with Gasteiger partial charge in [0, 0.05) is 25.2 Å². The molecule has 1 amide bonds. The van der Waals surface area contributed by atoms with E-state index in [9.17, 15) is 13.2 Å². The fourth-order valence-corrected chi connectivity index (χ4v) is 5.32. The predicted molar refractivity (Wildman–Crippen MR) is 102 cm³/mol. The van der Waals surface area contributed by atoms with Crippen molar-refractivity contribution < 1.29 is 13.2 Å². The Labute approximate surface area is 157 Å². The van der Waals surface area contributed by atoms with Gasteiger partial charge in [-0.2, -0.15) is 4.31 Å². The maximum atomic E-state index is 12.5. The summed E-state index contributed by atoms with van der Waals surface area (Å²) in [7, 11) is -3.25. The van der Waals surface area contributed by atoms with E-state index in [1.807, 2.05) is 19.9 Å². The summed E-state index contributed by atoms with van der Waals surface area (Å²) in [6.45, 7) is 6.27. The van der Waals surface area contributed by atoms with Gasteiger partial charge in [-0.1, -0.05) is 6.92 Å². The summed E-state index contributed by atoms with van der Waals surface area (Å²) in [5.41, 5.74) is 2.99. The van der Waals surface area contributed by atoms with Crippen molar-refractivity contribution in [2.75, 3.05) is 17.6 Å². The van der Waals surface area contributed by atoms with Crippen LogP contribution < -0.4 is 5.32 Å². The van der Waals surface area contributed by atoms with Crippen molar-refractivity contribution in [3.8, 4) is 0 Å². The van der Waals surface area contributed by atoms with E-state index in [2.05, 4.69) is 15.3 Å². The second kappa shape index (κ2) is 7.42. The van der Waals surface area contributed by atoms with E-state index in [4.69, 9.17) is 0 Å². The minimum atomic E-state index is -3.25. The lowest BCUT2D eigenvalue weighted by Gasteiger charge is -2.27. The minimum absolute atomic E-state index is 0.149. The summed E-state index contributed by atoms with van der Waals surface area (Å²) in [5.74, 6) is -0.0722. The number of aryl methyl sites for hydroxylation is 2. The number of carbonyl (C=O) groups excluding carboxylic acids is 1. The number of hydrogen-bond acceptors (Lipinski definition) is 6. The highest BCUT2D eigenvalue weighted by Crippen LogP contribution is 2.24. The first kappa shape index (κ1) is 18.9. The second-order valence-electron chi connectivity index (χ2n) is 6.33. The quantitative estimate of drug-likeness (QED) is 0.841. The SMILES string of the molecule is CCCS(=O)(=O)N1CCc2ncc(NC(=O)c3sc(C)nc3C)cc2C1. The first-order valence-electron chi connectivity index (χ1n) is 8.51. The van der Waals surface area contributed by atoms with Gasteiger partial charge < -0.3 is 5.32 Å². The summed E-state index contributed by atoms with van der Waals surface area (Å²) < 4.78 is 26.1. The lowest BCUT2D eigenvalue weighted by molar-refractivity contribution is 0.102. The van der Waals surface area contributed by atoms with Crippen LogP contribution >= 0.6 is 11.3 Å². The van der Waals surface area contributed by atoms with Crippen LogP contribution in [0.4, 0.5) is 5.69 Å². The maximum absolute atomic E-state index is 12.5. The van der Waals surface area contributed by atoms with E-state index >= 15 is 0 Å². The number of pyridine rings is 1. The molecular formula is C17H22N4O3S2. The number of anilines is 1. The minimum Gasteiger partial charge on any atom is -0.320 e. The predicted octanol–water partition coefficient (Wildman–Crippen LogP) is 2.51. The van der Waals surface area contributed by atoms with Crippen molar-refractivity contribution in [1.82, 2.24) is 14.3 Å². The molecule has 0 unspecified atom stereocenters. The van der Waals surface area contributed by atoms with Crippen molar-refractivity contribution in [2.45, 2.75) is 40.2 Å². The number of aromatic nitrogens is 2. The van der Waals surface area contributed by atoms with Gasteiger partial charge in [0.1, 0.15) is 4.88 Å². The Morgan fingerprint density at radius 2 is 2.15 bits per heavy atom. The van der Waals surface area contributed by atoms with Gasteiger partial charge in [0.25, 0.3) is 5.91 Å². The molecule has 1 aliphatic heterocycles. The van der Waals surface area contributed by atoms with Crippen LogP contribution in [-0.4, -0.2) is 40.9 Å². The van der Waals surface area contributed by atoms with E-state index in [1.165, 1.54) is 15.6 Å². The Kier molecular flexibility index (Phi) is 5.40. The van der Waals surface area contributed by atoms with Crippen molar-refractivity contribution in [3.63, 3.8) is 0 Å². The van der Waals surface area contributed by atoms with Crippen LogP contribution in [0.2, 0.25) is 0 Å². The normalized spacial score (nSPS) is 14.9. The van der Waals surface area contributed by atoms with Crippen LogP contribution in [0.15, 0.2) is 12.3 Å². The lowest BCUT2D eigenvalue weighted by atomic mass is 10.1. The van der Waals surface area contributed by atoms with Crippen molar-refractivity contribution >= 4 is 33.0 Å². The van der Waals surface area contributed by atoms with Gasteiger partial charge in [-0.25, -0.2) is 13.4 Å². The highest BCUT2D eigenvalue weighted by atomic mass is 32.2. The summed E-state index contributed by atoms with van der Waals surface area (Å²) in [5, 5.41) is 3.68. The molecule has 0 spiro atoms. The Bertz CT molecular complexity index is 937. The van der Waals surface area contributed by atoms with Gasteiger partial charge in [-0.05, 0) is 31.9 Å². The van der Waals surface area contributed by atoms with Crippen LogP contribution in [0.3, 0.4) is 0 Å². The second-order valence-corrected chi connectivity index (χ2v) is 9.62. The molecule has 0 saturated carbocycles. The van der Waals surface area contributed by atoms with Crippen molar-refractivity contribution in [2.24, 2.45) is 0 Å². The largest absolute Gasteiger partial charge is 0.320 e. The molecule has 0 atom stereocenters. The highest BCUT2D eigenvalue weighted by molar-refractivity contribution is 7.89. The topological polar surface area (TPSA) is 92.3 Å². The molecule has 140 valence electrons. The number of sulfonamides is 1.